The summed E-state index contributed by atoms with van der Waals surface area (Å²) in [6.45, 7) is 0.903. The van der Waals surface area contributed by atoms with Gasteiger partial charge in [-0.1, -0.05) is 0 Å². The van der Waals surface area contributed by atoms with Crippen molar-refractivity contribution >= 4 is 0 Å². The van der Waals surface area contributed by atoms with Gasteiger partial charge in [0.2, 0.25) is 0 Å². The SMILES string of the molecule is COc1ccc(F)c(C2(O)CCOCC2)c1. The van der Waals surface area contributed by atoms with Gasteiger partial charge in [-0.3, -0.25) is 0 Å². The van der Waals surface area contributed by atoms with Crippen LogP contribution in [0.5, 0.6) is 5.75 Å². The Morgan fingerprint density at radius 2 is 2.06 bits per heavy atom. The molecule has 1 fully saturated rings. The Morgan fingerprint density at radius 1 is 1.38 bits per heavy atom. The van der Waals surface area contributed by atoms with Crippen LogP contribution in [0.15, 0.2) is 18.2 Å². The lowest BCUT2D eigenvalue weighted by Crippen LogP contribution is -2.34. The van der Waals surface area contributed by atoms with Gasteiger partial charge in [0.15, 0.2) is 0 Å². The first-order valence-corrected chi connectivity index (χ1v) is 5.30. The fraction of sp³-hybridized carbons (Fsp3) is 0.500. The molecule has 0 aromatic heterocycles. The van der Waals surface area contributed by atoms with Gasteiger partial charge < -0.3 is 14.6 Å². The fourth-order valence-electron chi connectivity index (χ4n) is 1.97. The van der Waals surface area contributed by atoms with Gasteiger partial charge in [0.05, 0.1) is 12.7 Å². The van der Waals surface area contributed by atoms with Crippen LogP contribution < -0.4 is 4.74 Å². The summed E-state index contributed by atoms with van der Waals surface area (Å²) in [5, 5.41) is 10.4. The Hall–Kier alpha value is -1.13. The lowest BCUT2D eigenvalue weighted by Gasteiger charge is -2.32. The summed E-state index contributed by atoms with van der Waals surface area (Å²) >= 11 is 0. The summed E-state index contributed by atoms with van der Waals surface area (Å²) in [5.74, 6) is 0.154. The average Bonchev–Trinajstić information content (AvgIpc) is 2.30. The van der Waals surface area contributed by atoms with E-state index in [9.17, 15) is 9.50 Å². The highest BCUT2D eigenvalue weighted by molar-refractivity contribution is 5.34. The molecule has 0 unspecified atom stereocenters. The highest BCUT2D eigenvalue weighted by Gasteiger charge is 2.34. The van der Waals surface area contributed by atoms with Crippen LogP contribution in [0.3, 0.4) is 0 Å². The van der Waals surface area contributed by atoms with E-state index in [2.05, 4.69) is 0 Å². The number of rotatable bonds is 2. The lowest BCUT2D eigenvalue weighted by atomic mass is 9.86. The van der Waals surface area contributed by atoms with Gasteiger partial charge in [0.1, 0.15) is 11.6 Å². The van der Waals surface area contributed by atoms with Crippen LogP contribution in [-0.4, -0.2) is 25.4 Å². The predicted molar refractivity (Wildman–Crippen MR) is 56.9 cm³/mol. The first kappa shape index (κ1) is 11.4. The molecule has 0 spiro atoms. The summed E-state index contributed by atoms with van der Waals surface area (Å²) < 4.78 is 23.9. The van der Waals surface area contributed by atoms with Crippen LogP contribution in [0.2, 0.25) is 0 Å². The lowest BCUT2D eigenvalue weighted by molar-refractivity contribution is -0.0698. The Labute approximate surface area is 93.8 Å². The van der Waals surface area contributed by atoms with Gasteiger partial charge in [0.25, 0.3) is 0 Å². The predicted octanol–water partition coefficient (Wildman–Crippen LogP) is 1.83. The maximum absolute atomic E-state index is 13.7. The van der Waals surface area contributed by atoms with E-state index in [0.29, 0.717) is 37.4 Å². The zero-order valence-corrected chi connectivity index (χ0v) is 9.20. The van der Waals surface area contributed by atoms with Gasteiger partial charge >= 0.3 is 0 Å². The van der Waals surface area contributed by atoms with Crippen molar-refractivity contribution in [2.24, 2.45) is 0 Å². The third-order valence-electron chi connectivity index (χ3n) is 2.99. The second-order valence-corrected chi connectivity index (χ2v) is 3.99. The molecule has 1 saturated heterocycles. The quantitative estimate of drug-likeness (QED) is 0.836. The zero-order valence-electron chi connectivity index (χ0n) is 9.20. The normalized spacial score (nSPS) is 19.4. The van der Waals surface area contributed by atoms with Crippen molar-refractivity contribution in [2.45, 2.75) is 18.4 Å². The summed E-state index contributed by atoms with van der Waals surface area (Å²) in [6, 6.07) is 4.42. The van der Waals surface area contributed by atoms with Crippen LogP contribution in [0, 0.1) is 5.82 Å². The van der Waals surface area contributed by atoms with Crippen molar-refractivity contribution < 1.29 is 19.0 Å². The maximum Gasteiger partial charge on any atom is 0.129 e. The molecule has 16 heavy (non-hydrogen) atoms. The minimum absolute atomic E-state index is 0.301. The molecular weight excluding hydrogens is 211 g/mol. The second kappa shape index (κ2) is 4.39. The molecule has 0 saturated carbocycles. The summed E-state index contributed by atoms with van der Waals surface area (Å²) in [6.07, 6.45) is 0.828. The van der Waals surface area contributed by atoms with Crippen molar-refractivity contribution in [1.29, 1.82) is 0 Å². The van der Waals surface area contributed by atoms with E-state index in [1.54, 1.807) is 12.1 Å². The number of ether oxygens (including phenoxy) is 2. The number of benzene rings is 1. The molecule has 0 bridgehead atoms. The number of methoxy groups -OCH3 is 1. The van der Waals surface area contributed by atoms with E-state index in [1.807, 2.05) is 0 Å². The molecule has 1 aromatic carbocycles. The van der Waals surface area contributed by atoms with Crippen LogP contribution in [0.1, 0.15) is 18.4 Å². The minimum atomic E-state index is -1.13. The highest BCUT2D eigenvalue weighted by atomic mass is 19.1. The largest absolute Gasteiger partial charge is 0.497 e. The number of aliphatic hydroxyl groups is 1. The molecule has 1 heterocycles. The minimum Gasteiger partial charge on any atom is -0.497 e. The Morgan fingerprint density at radius 3 is 2.69 bits per heavy atom. The van der Waals surface area contributed by atoms with Crippen molar-refractivity contribution in [3.05, 3.63) is 29.6 Å². The third kappa shape index (κ3) is 2.03. The van der Waals surface area contributed by atoms with E-state index in [1.165, 1.54) is 13.2 Å². The van der Waals surface area contributed by atoms with Crippen molar-refractivity contribution in [1.82, 2.24) is 0 Å². The monoisotopic (exact) mass is 226 g/mol. The standard InChI is InChI=1S/C12H15FO3/c1-15-9-2-3-11(13)10(8-9)12(14)4-6-16-7-5-12/h2-3,8,14H,4-7H2,1H3. The summed E-state index contributed by atoms with van der Waals surface area (Å²) in [4.78, 5) is 0. The Balaban J connectivity index is 2.37. The molecule has 0 atom stereocenters. The van der Waals surface area contributed by atoms with Crippen LogP contribution in [0.4, 0.5) is 4.39 Å². The first-order chi connectivity index (χ1) is 7.65. The van der Waals surface area contributed by atoms with E-state index in [0.717, 1.165) is 0 Å². The molecule has 3 nitrogen and oxygen atoms in total. The van der Waals surface area contributed by atoms with Crippen LogP contribution in [0.25, 0.3) is 0 Å². The molecular formula is C12H15FO3. The maximum atomic E-state index is 13.7. The summed E-state index contributed by atoms with van der Waals surface area (Å²) in [5.41, 5.74) is -0.827. The van der Waals surface area contributed by atoms with Gasteiger partial charge in [-0.2, -0.15) is 0 Å². The van der Waals surface area contributed by atoms with Crippen molar-refractivity contribution in [2.75, 3.05) is 20.3 Å². The number of hydrogen-bond acceptors (Lipinski definition) is 3. The van der Waals surface area contributed by atoms with E-state index >= 15 is 0 Å². The zero-order chi connectivity index (χ0) is 11.6. The fourth-order valence-corrected chi connectivity index (χ4v) is 1.97. The molecule has 0 amide bonds. The van der Waals surface area contributed by atoms with Crippen LogP contribution in [-0.2, 0) is 10.3 Å². The van der Waals surface area contributed by atoms with Gasteiger partial charge in [0, 0.05) is 31.6 Å². The third-order valence-corrected chi connectivity index (χ3v) is 2.99. The molecule has 0 radical (unpaired) electrons. The van der Waals surface area contributed by atoms with E-state index < -0.39 is 11.4 Å². The van der Waals surface area contributed by atoms with Gasteiger partial charge in [-0.15, -0.1) is 0 Å². The molecule has 1 aromatic rings. The Kier molecular flexibility index (Phi) is 3.12. The second-order valence-electron chi connectivity index (χ2n) is 3.99. The average molecular weight is 226 g/mol. The highest BCUT2D eigenvalue weighted by Crippen LogP contribution is 2.35. The molecule has 1 N–H and O–H groups in total. The molecule has 4 heteroatoms. The number of hydrogen-bond donors (Lipinski definition) is 1. The van der Waals surface area contributed by atoms with Crippen LogP contribution >= 0.6 is 0 Å². The van der Waals surface area contributed by atoms with Crippen molar-refractivity contribution in [3.63, 3.8) is 0 Å². The van der Waals surface area contributed by atoms with Gasteiger partial charge in [-0.25, -0.2) is 4.39 Å². The van der Waals surface area contributed by atoms with Gasteiger partial charge in [-0.05, 0) is 18.2 Å². The van der Waals surface area contributed by atoms with Crippen molar-refractivity contribution in [3.8, 4) is 5.75 Å². The molecule has 1 aliphatic rings. The first-order valence-electron chi connectivity index (χ1n) is 5.30. The number of halogens is 1. The smallest absolute Gasteiger partial charge is 0.129 e. The molecule has 1 aliphatic heterocycles. The summed E-state index contributed by atoms with van der Waals surface area (Å²) in [7, 11) is 1.52. The molecule has 88 valence electrons. The van der Waals surface area contributed by atoms with E-state index in [4.69, 9.17) is 9.47 Å². The topological polar surface area (TPSA) is 38.7 Å². The Bertz CT molecular complexity index is 373. The van der Waals surface area contributed by atoms with E-state index in [-0.39, 0.29) is 0 Å². The molecule has 0 aliphatic carbocycles. The molecule has 2 rings (SSSR count).